The first-order valence-corrected chi connectivity index (χ1v) is 11.9. The standard InChI is InChI=1S/C28H26FN5O2/c1-19-6-8-20(9-7-19)16-17-30-26(35)15-14-25-31-32-28-33(18-21-10-12-22(29)13-11-21)27(36)23-4-2-3-5-24(23)34(25)28/h2-13H,14-18H2,1H3,(H,30,35). The molecule has 8 heteroatoms. The van der Waals surface area contributed by atoms with Gasteiger partial charge in [-0.1, -0.05) is 54.1 Å². The molecule has 0 spiro atoms. The first-order chi connectivity index (χ1) is 17.5. The number of fused-ring (bicyclic) bond motifs is 3. The van der Waals surface area contributed by atoms with Crippen molar-refractivity contribution in [1.29, 1.82) is 0 Å². The van der Waals surface area contributed by atoms with Crippen molar-refractivity contribution in [1.82, 2.24) is 24.5 Å². The first kappa shape index (κ1) is 23.4. The van der Waals surface area contributed by atoms with E-state index >= 15 is 0 Å². The summed E-state index contributed by atoms with van der Waals surface area (Å²) in [6.07, 6.45) is 1.39. The molecule has 0 aliphatic rings. The van der Waals surface area contributed by atoms with Crippen LogP contribution < -0.4 is 10.9 Å². The van der Waals surface area contributed by atoms with Crippen molar-refractivity contribution >= 4 is 22.6 Å². The monoisotopic (exact) mass is 483 g/mol. The molecule has 7 nitrogen and oxygen atoms in total. The molecular weight excluding hydrogens is 457 g/mol. The molecule has 1 N–H and O–H groups in total. The lowest BCUT2D eigenvalue weighted by atomic mass is 10.1. The fourth-order valence-corrected chi connectivity index (χ4v) is 4.31. The molecule has 1 amide bonds. The fourth-order valence-electron chi connectivity index (χ4n) is 4.31. The van der Waals surface area contributed by atoms with Crippen molar-refractivity contribution in [2.75, 3.05) is 6.54 Å². The number of amides is 1. The minimum atomic E-state index is -0.336. The second-order valence-electron chi connectivity index (χ2n) is 8.87. The van der Waals surface area contributed by atoms with Gasteiger partial charge in [-0.05, 0) is 48.7 Å². The molecule has 36 heavy (non-hydrogen) atoms. The number of aryl methyl sites for hydroxylation is 2. The average Bonchev–Trinajstić information content (AvgIpc) is 3.32. The number of carbonyl (C=O) groups excluding carboxylic acids is 1. The van der Waals surface area contributed by atoms with Gasteiger partial charge in [0, 0.05) is 19.4 Å². The molecule has 3 aromatic carbocycles. The maximum absolute atomic E-state index is 13.4. The van der Waals surface area contributed by atoms with Crippen LogP contribution in [-0.4, -0.2) is 31.6 Å². The number of halogens is 1. The Morgan fingerprint density at radius 3 is 2.42 bits per heavy atom. The molecule has 0 atom stereocenters. The van der Waals surface area contributed by atoms with E-state index in [9.17, 15) is 14.0 Å². The summed E-state index contributed by atoms with van der Waals surface area (Å²) in [5.41, 5.74) is 3.64. The Kier molecular flexibility index (Phi) is 6.58. The van der Waals surface area contributed by atoms with Gasteiger partial charge < -0.3 is 5.32 Å². The van der Waals surface area contributed by atoms with Gasteiger partial charge in [-0.3, -0.25) is 18.6 Å². The lowest BCUT2D eigenvalue weighted by Crippen LogP contribution is -2.26. The first-order valence-electron chi connectivity index (χ1n) is 11.9. The van der Waals surface area contributed by atoms with E-state index in [2.05, 4.69) is 39.8 Å². The van der Waals surface area contributed by atoms with E-state index in [1.54, 1.807) is 18.2 Å². The van der Waals surface area contributed by atoms with Gasteiger partial charge in [-0.2, -0.15) is 0 Å². The van der Waals surface area contributed by atoms with E-state index in [1.807, 2.05) is 29.5 Å². The summed E-state index contributed by atoms with van der Waals surface area (Å²) in [5.74, 6) is 0.583. The SMILES string of the molecule is Cc1ccc(CCNC(=O)CCc2nnc3n(Cc4ccc(F)cc4)c(=O)c4ccccc4n23)cc1. The molecule has 0 unspecified atom stereocenters. The highest BCUT2D eigenvalue weighted by molar-refractivity contribution is 5.80. The van der Waals surface area contributed by atoms with Crippen molar-refractivity contribution in [3.8, 4) is 0 Å². The zero-order chi connectivity index (χ0) is 25.1. The van der Waals surface area contributed by atoms with Crippen molar-refractivity contribution in [2.45, 2.75) is 32.7 Å². The van der Waals surface area contributed by atoms with E-state index in [-0.39, 0.29) is 30.2 Å². The summed E-state index contributed by atoms with van der Waals surface area (Å²) < 4.78 is 16.7. The van der Waals surface area contributed by atoms with Crippen LogP contribution in [-0.2, 0) is 24.2 Å². The summed E-state index contributed by atoms with van der Waals surface area (Å²) in [6, 6.07) is 21.6. The molecule has 0 aliphatic heterocycles. The van der Waals surface area contributed by atoms with Crippen molar-refractivity contribution < 1.29 is 9.18 Å². The van der Waals surface area contributed by atoms with Crippen LogP contribution in [0.15, 0.2) is 77.6 Å². The lowest BCUT2D eigenvalue weighted by Gasteiger charge is -2.12. The molecule has 0 bridgehead atoms. The topological polar surface area (TPSA) is 81.3 Å². The normalized spacial score (nSPS) is 11.3. The Labute approximate surface area is 207 Å². The van der Waals surface area contributed by atoms with Gasteiger partial charge >= 0.3 is 0 Å². The van der Waals surface area contributed by atoms with Crippen molar-refractivity contribution in [3.63, 3.8) is 0 Å². The van der Waals surface area contributed by atoms with E-state index in [0.29, 0.717) is 35.5 Å². The number of hydrogen-bond acceptors (Lipinski definition) is 4. The molecule has 0 radical (unpaired) electrons. The number of carbonyl (C=O) groups is 1. The number of nitrogens with one attached hydrogen (secondary N) is 1. The summed E-state index contributed by atoms with van der Waals surface area (Å²) >= 11 is 0. The molecule has 182 valence electrons. The second-order valence-corrected chi connectivity index (χ2v) is 8.87. The van der Waals surface area contributed by atoms with Crippen LogP contribution in [0.2, 0.25) is 0 Å². The number of nitrogens with zero attached hydrogens (tertiary/aromatic N) is 4. The van der Waals surface area contributed by atoms with Crippen LogP contribution in [0.1, 0.15) is 28.9 Å². The van der Waals surface area contributed by atoms with Gasteiger partial charge in [0.15, 0.2) is 0 Å². The lowest BCUT2D eigenvalue weighted by molar-refractivity contribution is -0.121. The van der Waals surface area contributed by atoms with Gasteiger partial charge in [0.2, 0.25) is 11.7 Å². The van der Waals surface area contributed by atoms with Crippen LogP contribution >= 0.6 is 0 Å². The summed E-state index contributed by atoms with van der Waals surface area (Å²) in [5, 5.41) is 12.1. The quantitative estimate of drug-likeness (QED) is 0.364. The highest BCUT2D eigenvalue weighted by atomic mass is 19.1. The molecule has 2 aromatic heterocycles. The van der Waals surface area contributed by atoms with Gasteiger partial charge in [0.25, 0.3) is 5.56 Å². The minimum Gasteiger partial charge on any atom is -0.356 e. The Morgan fingerprint density at radius 1 is 0.917 bits per heavy atom. The van der Waals surface area contributed by atoms with E-state index in [0.717, 1.165) is 12.0 Å². The van der Waals surface area contributed by atoms with Crippen LogP contribution in [0.5, 0.6) is 0 Å². The summed E-state index contributed by atoms with van der Waals surface area (Å²) in [7, 11) is 0. The summed E-state index contributed by atoms with van der Waals surface area (Å²) in [6.45, 7) is 2.83. The largest absolute Gasteiger partial charge is 0.356 e. The minimum absolute atomic E-state index is 0.0669. The third-order valence-electron chi connectivity index (χ3n) is 6.26. The van der Waals surface area contributed by atoms with Gasteiger partial charge in [-0.25, -0.2) is 4.39 Å². The Hall–Kier alpha value is -4.33. The molecular formula is C28H26FN5O2. The van der Waals surface area contributed by atoms with E-state index < -0.39 is 0 Å². The second kappa shape index (κ2) is 10.1. The molecule has 0 fully saturated rings. The predicted octanol–water partition coefficient (Wildman–Crippen LogP) is 3.83. The smallest absolute Gasteiger partial charge is 0.263 e. The van der Waals surface area contributed by atoms with Crippen LogP contribution in [0.25, 0.3) is 16.7 Å². The summed E-state index contributed by atoms with van der Waals surface area (Å²) in [4.78, 5) is 25.8. The average molecular weight is 484 g/mol. The van der Waals surface area contributed by atoms with Crippen LogP contribution in [0.3, 0.4) is 0 Å². The molecule has 0 saturated carbocycles. The Balaban J connectivity index is 1.37. The van der Waals surface area contributed by atoms with Crippen molar-refractivity contribution in [3.05, 3.63) is 111 Å². The van der Waals surface area contributed by atoms with Crippen LogP contribution in [0, 0.1) is 12.7 Å². The third kappa shape index (κ3) is 4.88. The number of para-hydroxylation sites is 1. The molecule has 0 saturated heterocycles. The number of rotatable bonds is 8. The van der Waals surface area contributed by atoms with E-state index in [4.69, 9.17) is 0 Å². The number of hydrogen-bond donors (Lipinski definition) is 1. The Morgan fingerprint density at radius 2 is 1.64 bits per heavy atom. The van der Waals surface area contributed by atoms with Crippen molar-refractivity contribution in [2.24, 2.45) is 0 Å². The maximum atomic E-state index is 13.4. The predicted molar refractivity (Wildman–Crippen MR) is 136 cm³/mol. The fraction of sp³-hybridized carbons (Fsp3) is 0.214. The van der Waals surface area contributed by atoms with Gasteiger partial charge in [0.05, 0.1) is 17.4 Å². The molecule has 2 heterocycles. The molecule has 5 aromatic rings. The molecule has 0 aliphatic carbocycles. The maximum Gasteiger partial charge on any atom is 0.263 e. The molecule has 5 rings (SSSR count). The zero-order valence-corrected chi connectivity index (χ0v) is 19.9. The van der Waals surface area contributed by atoms with E-state index in [1.165, 1.54) is 27.8 Å². The van der Waals surface area contributed by atoms with Gasteiger partial charge in [-0.15, -0.1) is 10.2 Å². The van der Waals surface area contributed by atoms with Crippen LogP contribution in [0.4, 0.5) is 4.39 Å². The number of benzene rings is 3. The van der Waals surface area contributed by atoms with Gasteiger partial charge in [0.1, 0.15) is 11.6 Å². The number of aromatic nitrogens is 4. The Bertz CT molecular complexity index is 1590. The highest BCUT2D eigenvalue weighted by Gasteiger charge is 2.17. The highest BCUT2D eigenvalue weighted by Crippen LogP contribution is 2.17. The third-order valence-corrected chi connectivity index (χ3v) is 6.26. The zero-order valence-electron chi connectivity index (χ0n) is 19.9.